The van der Waals surface area contributed by atoms with E-state index in [1.807, 2.05) is 0 Å². The highest BCUT2D eigenvalue weighted by Gasteiger charge is 2.43. The molecular formula is C54H35BN4. The quantitative estimate of drug-likeness (QED) is 0.163. The SMILES string of the molecule is c1ccc(N2c3ccccc3B3c4ccccc4-n4c5cc6c(cc5c5c(N(c7ccccc7)c7ccccc7)cc2c3c54)c2ccccc2n6-c2ccccc2)cc1. The molecule has 0 saturated carbocycles. The Kier molecular flexibility index (Phi) is 6.78. The summed E-state index contributed by atoms with van der Waals surface area (Å²) in [6.07, 6.45) is 0. The van der Waals surface area contributed by atoms with Gasteiger partial charge in [-0.05, 0) is 101 Å². The first-order valence-electron chi connectivity index (χ1n) is 20.4. The zero-order chi connectivity index (χ0) is 38.6. The summed E-state index contributed by atoms with van der Waals surface area (Å²) < 4.78 is 5.03. The molecule has 0 fully saturated rings. The lowest BCUT2D eigenvalue weighted by atomic mass is 9.34. The molecule has 274 valence electrons. The van der Waals surface area contributed by atoms with Gasteiger partial charge in [0.2, 0.25) is 0 Å². The summed E-state index contributed by atoms with van der Waals surface area (Å²) in [7, 11) is 0. The summed E-state index contributed by atoms with van der Waals surface area (Å²) in [5.41, 5.74) is 18.1. The van der Waals surface area contributed by atoms with Crippen molar-refractivity contribution >= 4 is 101 Å². The fraction of sp³-hybridized carbons (Fsp3) is 0. The fourth-order valence-electron chi connectivity index (χ4n) is 10.3. The predicted octanol–water partition coefficient (Wildman–Crippen LogP) is 12.0. The van der Waals surface area contributed by atoms with Gasteiger partial charge in [-0.1, -0.05) is 127 Å². The van der Waals surface area contributed by atoms with Crippen molar-refractivity contribution < 1.29 is 0 Å². The Morgan fingerprint density at radius 2 is 0.915 bits per heavy atom. The van der Waals surface area contributed by atoms with Crippen molar-refractivity contribution in [3.8, 4) is 11.4 Å². The van der Waals surface area contributed by atoms with Crippen LogP contribution in [-0.2, 0) is 0 Å². The van der Waals surface area contributed by atoms with Crippen LogP contribution in [0.1, 0.15) is 0 Å². The molecule has 11 aromatic rings. The number of hydrogen-bond donors (Lipinski definition) is 0. The van der Waals surface area contributed by atoms with Crippen LogP contribution < -0.4 is 26.2 Å². The lowest BCUT2D eigenvalue weighted by Gasteiger charge is -2.41. The molecule has 13 rings (SSSR count). The van der Waals surface area contributed by atoms with Gasteiger partial charge >= 0.3 is 0 Å². The highest BCUT2D eigenvalue weighted by Crippen LogP contribution is 2.50. The minimum atomic E-state index is 0.0426. The summed E-state index contributed by atoms with van der Waals surface area (Å²) in [5.74, 6) is 0. The Balaban J connectivity index is 1.27. The third-order valence-electron chi connectivity index (χ3n) is 12.6. The van der Waals surface area contributed by atoms with Gasteiger partial charge in [0.1, 0.15) is 0 Å². The minimum Gasteiger partial charge on any atom is -0.311 e. The van der Waals surface area contributed by atoms with Crippen LogP contribution in [-0.4, -0.2) is 15.8 Å². The van der Waals surface area contributed by atoms with Crippen LogP contribution >= 0.6 is 0 Å². The first-order valence-corrected chi connectivity index (χ1v) is 20.4. The lowest BCUT2D eigenvalue weighted by molar-refractivity contribution is 1.17. The zero-order valence-electron chi connectivity index (χ0n) is 32.1. The van der Waals surface area contributed by atoms with Crippen molar-refractivity contribution in [3.63, 3.8) is 0 Å². The van der Waals surface area contributed by atoms with E-state index in [0.717, 1.165) is 28.4 Å². The van der Waals surface area contributed by atoms with E-state index in [4.69, 9.17) is 0 Å². The maximum Gasteiger partial charge on any atom is 0.252 e. The Bertz CT molecular complexity index is 3410. The standard InChI is InChI=1S/C54H35BN4/c1-5-19-36(20-6-1)56(37-21-7-2-8-22-37)50-35-51-53-54-52(50)42-33-41-40-27-13-16-30-45(40)57(38-23-9-3-10-24-38)48(41)34-49(42)59(54)47-32-18-15-29-44(47)55(53)43-28-14-17-31-46(43)58(51)39-25-11-4-12-26-39/h1-35H. The van der Waals surface area contributed by atoms with Crippen molar-refractivity contribution in [2.45, 2.75) is 0 Å². The van der Waals surface area contributed by atoms with Crippen LogP contribution in [0.3, 0.4) is 0 Å². The molecule has 0 unspecified atom stereocenters. The van der Waals surface area contributed by atoms with Gasteiger partial charge in [0, 0.05) is 61.4 Å². The maximum atomic E-state index is 2.59. The van der Waals surface area contributed by atoms with Crippen molar-refractivity contribution in [1.29, 1.82) is 0 Å². The molecule has 5 heteroatoms. The number of fused-ring (bicyclic) bond motifs is 11. The van der Waals surface area contributed by atoms with E-state index < -0.39 is 0 Å². The molecule has 0 saturated heterocycles. The van der Waals surface area contributed by atoms with Crippen LogP contribution in [0.2, 0.25) is 0 Å². The van der Waals surface area contributed by atoms with Gasteiger partial charge in [-0.25, -0.2) is 0 Å². The second-order valence-corrected chi connectivity index (χ2v) is 15.7. The number of para-hydroxylation sites is 7. The molecule has 59 heavy (non-hydrogen) atoms. The van der Waals surface area contributed by atoms with Gasteiger partial charge in [-0.2, -0.15) is 0 Å². The normalized spacial score (nSPS) is 12.7. The third-order valence-corrected chi connectivity index (χ3v) is 12.6. The number of anilines is 6. The molecule has 9 aromatic carbocycles. The van der Waals surface area contributed by atoms with Gasteiger partial charge in [-0.3, -0.25) is 0 Å². The first-order chi connectivity index (χ1) is 29.3. The van der Waals surface area contributed by atoms with Crippen molar-refractivity contribution in [2.75, 3.05) is 9.80 Å². The zero-order valence-corrected chi connectivity index (χ0v) is 32.1. The van der Waals surface area contributed by atoms with Crippen molar-refractivity contribution in [2.24, 2.45) is 0 Å². The smallest absolute Gasteiger partial charge is 0.252 e. The second kappa shape index (κ2) is 12.4. The van der Waals surface area contributed by atoms with E-state index in [1.165, 1.54) is 77.1 Å². The van der Waals surface area contributed by atoms with Crippen LogP contribution in [0, 0.1) is 0 Å². The van der Waals surface area contributed by atoms with Crippen LogP contribution in [0.5, 0.6) is 0 Å². The van der Waals surface area contributed by atoms with Gasteiger partial charge in [-0.15, -0.1) is 0 Å². The Morgan fingerprint density at radius 1 is 0.373 bits per heavy atom. The van der Waals surface area contributed by atoms with E-state index in [0.29, 0.717) is 0 Å². The second-order valence-electron chi connectivity index (χ2n) is 15.7. The third kappa shape index (κ3) is 4.50. The highest BCUT2D eigenvalue weighted by molar-refractivity contribution is 7.00. The average Bonchev–Trinajstić information content (AvgIpc) is 3.82. The summed E-state index contributed by atoms with van der Waals surface area (Å²) in [4.78, 5) is 4.97. The molecule has 0 aliphatic carbocycles. The lowest BCUT2D eigenvalue weighted by Crippen LogP contribution is -2.60. The van der Waals surface area contributed by atoms with Crippen LogP contribution in [0.4, 0.5) is 34.1 Å². The van der Waals surface area contributed by atoms with E-state index in [2.05, 4.69) is 231 Å². The number of aromatic nitrogens is 2. The summed E-state index contributed by atoms with van der Waals surface area (Å²) in [6, 6.07) is 77.9. The van der Waals surface area contributed by atoms with Crippen molar-refractivity contribution in [3.05, 3.63) is 212 Å². The Morgan fingerprint density at radius 3 is 1.61 bits per heavy atom. The molecule has 2 aromatic heterocycles. The monoisotopic (exact) mass is 750 g/mol. The highest BCUT2D eigenvalue weighted by atomic mass is 15.2. The summed E-state index contributed by atoms with van der Waals surface area (Å²) >= 11 is 0. The molecule has 4 nitrogen and oxygen atoms in total. The average molecular weight is 751 g/mol. The number of nitrogens with zero attached hydrogens (tertiary/aromatic N) is 4. The van der Waals surface area contributed by atoms with E-state index in [1.54, 1.807) is 0 Å². The summed E-state index contributed by atoms with van der Waals surface area (Å²) in [5, 5.41) is 4.97. The van der Waals surface area contributed by atoms with E-state index in [-0.39, 0.29) is 6.71 Å². The van der Waals surface area contributed by atoms with E-state index in [9.17, 15) is 0 Å². The molecule has 0 radical (unpaired) electrons. The largest absolute Gasteiger partial charge is 0.311 e. The van der Waals surface area contributed by atoms with E-state index >= 15 is 0 Å². The molecule has 2 aliphatic rings. The fourth-order valence-corrected chi connectivity index (χ4v) is 10.3. The number of hydrogen-bond acceptors (Lipinski definition) is 2. The minimum absolute atomic E-state index is 0.0426. The van der Waals surface area contributed by atoms with Crippen molar-refractivity contribution in [1.82, 2.24) is 9.13 Å². The molecule has 4 heterocycles. The molecule has 0 N–H and O–H groups in total. The Hall–Kier alpha value is -7.76. The van der Waals surface area contributed by atoms with Gasteiger partial charge in [0.05, 0.1) is 27.8 Å². The first kappa shape index (κ1) is 32.3. The van der Waals surface area contributed by atoms with Gasteiger partial charge < -0.3 is 18.9 Å². The number of rotatable bonds is 5. The molecular weight excluding hydrogens is 715 g/mol. The van der Waals surface area contributed by atoms with Crippen LogP contribution in [0.15, 0.2) is 212 Å². The molecule has 2 aliphatic heterocycles. The molecule has 0 spiro atoms. The predicted molar refractivity (Wildman–Crippen MR) is 249 cm³/mol. The molecule has 0 bridgehead atoms. The maximum absolute atomic E-state index is 2.59. The molecule has 0 amide bonds. The van der Waals surface area contributed by atoms with Gasteiger partial charge in [0.25, 0.3) is 6.71 Å². The number of benzene rings is 9. The van der Waals surface area contributed by atoms with Gasteiger partial charge in [0.15, 0.2) is 0 Å². The Labute approximate surface area is 342 Å². The summed E-state index contributed by atoms with van der Waals surface area (Å²) in [6.45, 7) is 0.0426. The van der Waals surface area contributed by atoms with Crippen LogP contribution in [0.25, 0.3) is 55.0 Å². The molecule has 0 atom stereocenters. The topological polar surface area (TPSA) is 16.3 Å².